The Balaban J connectivity index is 2.15. The van der Waals surface area contributed by atoms with Gasteiger partial charge in [0.25, 0.3) is 0 Å². The molecule has 7 N–H and O–H groups in total. The summed E-state index contributed by atoms with van der Waals surface area (Å²) in [4.78, 5) is 11.2. The van der Waals surface area contributed by atoms with E-state index in [0.717, 1.165) is 0 Å². The van der Waals surface area contributed by atoms with E-state index in [1.54, 1.807) is 0 Å². The molecule has 0 spiro atoms. The lowest BCUT2D eigenvalue weighted by Gasteiger charge is -2.46. The van der Waals surface area contributed by atoms with E-state index < -0.39 is 73.9 Å². The number of aliphatic hydroxyl groups is 6. The average molecular weight is 367 g/mol. The highest BCUT2D eigenvalue weighted by Gasteiger charge is 2.50. The largest absolute Gasteiger partial charge is 0.394 e. The zero-order valence-corrected chi connectivity index (χ0v) is 13.8. The fraction of sp³-hybridized carbons (Fsp3) is 0.929. The van der Waals surface area contributed by atoms with Crippen molar-refractivity contribution in [1.82, 2.24) is 5.32 Å². The lowest BCUT2D eigenvalue weighted by molar-refractivity contribution is -0.341. The molecule has 2 heterocycles. The maximum Gasteiger partial charge on any atom is 0.217 e. The van der Waals surface area contributed by atoms with Crippen LogP contribution in [0.15, 0.2) is 0 Å². The monoisotopic (exact) mass is 367 g/mol. The smallest absolute Gasteiger partial charge is 0.217 e. The van der Waals surface area contributed by atoms with Gasteiger partial charge in [-0.1, -0.05) is 0 Å². The minimum Gasteiger partial charge on any atom is -0.394 e. The summed E-state index contributed by atoms with van der Waals surface area (Å²) in [7, 11) is 0. The number of carbonyl (C=O) groups excluding carboxylic acids is 1. The van der Waals surface area contributed by atoms with Crippen LogP contribution in [-0.4, -0.2) is 105 Å². The van der Waals surface area contributed by atoms with E-state index in [1.807, 2.05) is 0 Å². The van der Waals surface area contributed by atoms with Crippen molar-refractivity contribution < 1.29 is 49.6 Å². The molecule has 0 saturated carbocycles. The molecule has 2 aliphatic heterocycles. The van der Waals surface area contributed by atoms with Gasteiger partial charge in [0.1, 0.15) is 42.7 Å². The van der Waals surface area contributed by atoms with Crippen LogP contribution in [0.2, 0.25) is 0 Å². The van der Waals surface area contributed by atoms with Crippen molar-refractivity contribution in [3.05, 3.63) is 0 Å². The van der Waals surface area contributed by atoms with E-state index >= 15 is 0 Å². The van der Waals surface area contributed by atoms with Crippen LogP contribution in [0.3, 0.4) is 0 Å². The Bertz CT molecular complexity index is 465. The number of hydrogen-bond donors (Lipinski definition) is 7. The molecule has 0 aromatic rings. The molecule has 2 fully saturated rings. The minimum atomic E-state index is -1.62. The molecule has 25 heavy (non-hydrogen) atoms. The Labute approximate surface area is 143 Å². The molecule has 146 valence electrons. The fourth-order valence-electron chi connectivity index (χ4n) is 2.92. The molecule has 10 atom stereocenters. The van der Waals surface area contributed by atoms with Gasteiger partial charge in [-0.05, 0) is 6.92 Å². The molecule has 1 amide bonds. The van der Waals surface area contributed by atoms with Crippen LogP contribution >= 0.6 is 0 Å². The summed E-state index contributed by atoms with van der Waals surface area (Å²) in [5.74, 6) is -0.533. The van der Waals surface area contributed by atoms with Crippen LogP contribution in [0.1, 0.15) is 13.8 Å². The zero-order valence-electron chi connectivity index (χ0n) is 13.8. The normalized spacial score (nSPS) is 48.2. The lowest BCUT2D eigenvalue weighted by atomic mass is 9.95. The van der Waals surface area contributed by atoms with Crippen molar-refractivity contribution in [3.63, 3.8) is 0 Å². The number of amides is 1. The summed E-state index contributed by atoms with van der Waals surface area (Å²) >= 11 is 0. The first-order valence-electron chi connectivity index (χ1n) is 7.92. The Morgan fingerprint density at radius 3 is 2.24 bits per heavy atom. The average Bonchev–Trinajstić information content (AvgIpc) is 2.56. The highest BCUT2D eigenvalue weighted by Crippen LogP contribution is 2.28. The van der Waals surface area contributed by atoms with E-state index in [9.17, 15) is 35.4 Å². The number of carbonyl (C=O) groups is 1. The van der Waals surface area contributed by atoms with Gasteiger partial charge in [-0.3, -0.25) is 4.79 Å². The molecular formula is C14H25NO10. The summed E-state index contributed by atoms with van der Waals surface area (Å²) < 4.78 is 15.9. The van der Waals surface area contributed by atoms with Crippen LogP contribution in [-0.2, 0) is 19.0 Å². The van der Waals surface area contributed by atoms with Gasteiger partial charge in [-0.2, -0.15) is 0 Å². The molecule has 0 aromatic carbocycles. The topological polar surface area (TPSA) is 178 Å². The second kappa shape index (κ2) is 8.20. The lowest BCUT2D eigenvalue weighted by Crippen LogP contribution is -2.66. The molecule has 0 aromatic heterocycles. The molecular weight excluding hydrogens is 342 g/mol. The third kappa shape index (κ3) is 4.27. The van der Waals surface area contributed by atoms with E-state index in [1.165, 1.54) is 13.8 Å². The van der Waals surface area contributed by atoms with Crippen molar-refractivity contribution >= 4 is 5.91 Å². The van der Waals surface area contributed by atoms with Crippen molar-refractivity contribution in [3.8, 4) is 0 Å². The first kappa shape index (κ1) is 20.4. The summed E-state index contributed by atoms with van der Waals surface area (Å²) in [6.07, 6.45) is -12.3. The van der Waals surface area contributed by atoms with Gasteiger partial charge < -0.3 is 50.2 Å². The van der Waals surface area contributed by atoms with Crippen molar-refractivity contribution in [1.29, 1.82) is 0 Å². The third-order valence-corrected chi connectivity index (χ3v) is 4.34. The number of hydrogen-bond acceptors (Lipinski definition) is 10. The predicted molar refractivity (Wildman–Crippen MR) is 78.8 cm³/mol. The van der Waals surface area contributed by atoms with Gasteiger partial charge in [-0.25, -0.2) is 0 Å². The van der Waals surface area contributed by atoms with Crippen LogP contribution in [0.5, 0.6) is 0 Å². The predicted octanol–water partition coefficient (Wildman–Crippen LogP) is -4.23. The SMILES string of the molecule is CC(=O)N[C@H]1[C@@H](O)[C@@H](O[C@@H]2OC(C)[C@@H](O)[C@H](O)[C@H]2O)C(CO)O[C@H]1O. The second-order valence-corrected chi connectivity index (χ2v) is 6.25. The van der Waals surface area contributed by atoms with Crippen LogP contribution in [0.25, 0.3) is 0 Å². The zero-order chi connectivity index (χ0) is 18.9. The minimum absolute atomic E-state index is 0.533. The molecule has 2 saturated heterocycles. The van der Waals surface area contributed by atoms with E-state index in [0.29, 0.717) is 0 Å². The van der Waals surface area contributed by atoms with Gasteiger partial charge in [-0.15, -0.1) is 0 Å². The first-order chi connectivity index (χ1) is 11.7. The molecule has 2 rings (SSSR count). The summed E-state index contributed by atoms with van der Waals surface area (Å²) in [5.41, 5.74) is 0. The van der Waals surface area contributed by atoms with Crippen LogP contribution < -0.4 is 5.32 Å². The van der Waals surface area contributed by atoms with E-state index in [-0.39, 0.29) is 0 Å². The van der Waals surface area contributed by atoms with Gasteiger partial charge in [0.2, 0.25) is 5.91 Å². The van der Waals surface area contributed by atoms with Gasteiger partial charge in [0, 0.05) is 6.92 Å². The van der Waals surface area contributed by atoms with Gasteiger partial charge >= 0.3 is 0 Å². The second-order valence-electron chi connectivity index (χ2n) is 6.25. The Hall–Kier alpha value is -0.890. The van der Waals surface area contributed by atoms with E-state index in [4.69, 9.17) is 14.2 Å². The Kier molecular flexibility index (Phi) is 6.70. The molecule has 11 heteroatoms. The van der Waals surface area contributed by atoms with Crippen molar-refractivity contribution in [2.45, 2.75) is 75.2 Å². The standard InChI is InChI=1S/C14H25NO10/c1-4-8(18)10(20)11(21)14(23-4)25-12-6(3-16)24-13(22)7(9(12)19)15-5(2)17/h4,6-14,16,18-22H,3H2,1-2H3,(H,15,17)/t4?,6?,7-,8+,9+,10-,11+,12-,13+,14-/m0/s1. The summed E-state index contributed by atoms with van der Waals surface area (Å²) in [5, 5.41) is 61.5. The van der Waals surface area contributed by atoms with Crippen molar-refractivity contribution in [2.75, 3.05) is 6.61 Å². The first-order valence-corrected chi connectivity index (χ1v) is 7.92. The van der Waals surface area contributed by atoms with Crippen LogP contribution in [0, 0.1) is 0 Å². The van der Waals surface area contributed by atoms with E-state index in [2.05, 4.69) is 5.32 Å². The molecule has 0 bridgehead atoms. The highest BCUT2D eigenvalue weighted by atomic mass is 16.7. The maximum absolute atomic E-state index is 11.2. The fourth-order valence-corrected chi connectivity index (χ4v) is 2.92. The van der Waals surface area contributed by atoms with Crippen molar-refractivity contribution in [2.24, 2.45) is 0 Å². The van der Waals surface area contributed by atoms with Gasteiger partial charge in [0.15, 0.2) is 12.6 Å². The molecule has 2 aliphatic rings. The quantitative estimate of drug-likeness (QED) is 0.257. The van der Waals surface area contributed by atoms with Crippen LogP contribution in [0.4, 0.5) is 0 Å². The highest BCUT2D eigenvalue weighted by molar-refractivity contribution is 5.73. The molecule has 0 radical (unpaired) electrons. The Morgan fingerprint density at radius 2 is 1.68 bits per heavy atom. The Morgan fingerprint density at radius 1 is 1.04 bits per heavy atom. The molecule has 11 nitrogen and oxygen atoms in total. The number of ether oxygens (including phenoxy) is 3. The number of nitrogens with one attached hydrogen (secondary N) is 1. The van der Waals surface area contributed by atoms with Gasteiger partial charge in [0.05, 0.1) is 12.7 Å². The molecule has 0 aliphatic carbocycles. The maximum atomic E-state index is 11.2. The summed E-state index contributed by atoms with van der Waals surface area (Å²) in [6.45, 7) is 2.01. The molecule has 2 unspecified atom stereocenters. The summed E-state index contributed by atoms with van der Waals surface area (Å²) in [6, 6.07) is -1.24. The number of rotatable bonds is 4. The third-order valence-electron chi connectivity index (χ3n) is 4.34. The number of aliphatic hydroxyl groups excluding tert-OH is 6.